The van der Waals surface area contributed by atoms with E-state index in [1.165, 1.54) is 16.9 Å². The van der Waals surface area contributed by atoms with Gasteiger partial charge in [-0.05, 0) is 28.7 Å². The number of rotatable bonds is 8. The van der Waals surface area contributed by atoms with Crippen LogP contribution < -0.4 is 4.74 Å². The van der Waals surface area contributed by atoms with Crippen LogP contribution in [0.2, 0.25) is 0 Å². The molecule has 0 heterocycles. The second kappa shape index (κ2) is 8.87. The van der Waals surface area contributed by atoms with Gasteiger partial charge in [0.05, 0.1) is 5.75 Å². The predicted molar refractivity (Wildman–Crippen MR) is 108 cm³/mol. The number of aliphatic hydroxyl groups is 1. The molecule has 2 aromatic rings. The van der Waals surface area contributed by atoms with Crippen molar-refractivity contribution in [2.24, 2.45) is 0 Å². The maximum Gasteiger partial charge on any atom is 0.218 e. The van der Waals surface area contributed by atoms with Crippen LogP contribution >= 0.6 is 0 Å². The molecule has 27 heavy (non-hydrogen) atoms. The van der Waals surface area contributed by atoms with E-state index in [1.807, 2.05) is 30.3 Å². The van der Waals surface area contributed by atoms with Crippen LogP contribution in [0.1, 0.15) is 31.9 Å². The number of ether oxygens (including phenoxy) is 1. The van der Waals surface area contributed by atoms with Gasteiger partial charge >= 0.3 is 0 Å². The van der Waals surface area contributed by atoms with Crippen molar-refractivity contribution in [2.45, 2.75) is 38.0 Å². The number of sulfonamides is 1. The summed E-state index contributed by atoms with van der Waals surface area (Å²) in [6.07, 6.45) is -0.914. The molecule has 0 fully saturated rings. The lowest BCUT2D eigenvalue weighted by Gasteiger charge is -2.21. The summed E-state index contributed by atoms with van der Waals surface area (Å²) in [7, 11) is -2.02. The Bertz CT molecular complexity index is 812. The van der Waals surface area contributed by atoms with Crippen LogP contribution in [0.15, 0.2) is 54.6 Å². The molecule has 0 spiro atoms. The van der Waals surface area contributed by atoms with E-state index < -0.39 is 16.1 Å². The summed E-state index contributed by atoms with van der Waals surface area (Å²) in [5.74, 6) is 0.559. The minimum atomic E-state index is -3.50. The third-order valence-electron chi connectivity index (χ3n) is 4.30. The number of hydrogen-bond acceptors (Lipinski definition) is 4. The topological polar surface area (TPSA) is 66.8 Å². The molecule has 2 aromatic carbocycles. The zero-order valence-corrected chi connectivity index (χ0v) is 17.2. The molecular formula is C21H29NO4S. The minimum absolute atomic E-state index is 0.0186. The fourth-order valence-corrected chi connectivity index (χ4v) is 3.83. The highest BCUT2D eigenvalue weighted by Gasteiger charge is 2.21. The second-order valence-corrected chi connectivity index (χ2v) is 9.84. The van der Waals surface area contributed by atoms with Gasteiger partial charge in [-0.25, -0.2) is 12.7 Å². The largest absolute Gasteiger partial charge is 0.491 e. The molecule has 1 atom stereocenters. The fourth-order valence-electron chi connectivity index (χ4n) is 2.60. The zero-order chi connectivity index (χ0) is 20.1. The highest BCUT2D eigenvalue weighted by atomic mass is 32.2. The van der Waals surface area contributed by atoms with Gasteiger partial charge in [0, 0.05) is 13.6 Å². The Morgan fingerprint density at radius 1 is 1.04 bits per heavy atom. The van der Waals surface area contributed by atoms with E-state index in [9.17, 15) is 13.5 Å². The number of nitrogens with zero attached hydrogens (tertiary/aromatic N) is 1. The first-order valence-electron chi connectivity index (χ1n) is 8.97. The van der Waals surface area contributed by atoms with Crippen molar-refractivity contribution < 1.29 is 18.3 Å². The van der Waals surface area contributed by atoms with Crippen LogP contribution in [0, 0.1) is 0 Å². The van der Waals surface area contributed by atoms with Crippen molar-refractivity contribution >= 4 is 10.0 Å². The van der Waals surface area contributed by atoms with Crippen molar-refractivity contribution in [1.82, 2.24) is 4.31 Å². The summed E-state index contributed by atoms with van der Waals surface area (Å²) in [6.45, 7) is 6.42. The van der Waals surface area contributed by atoms with Gasteiger partial charge in [0.15, 0.2) is 0 Å². The molecule has 0 aliphatic rings. The van der Waals surface area contributed by atoms with E-state index >= 15 is 0 Å². The first kappa shape index (κ1) is 21.4. The summed E-state index contributed by atoms with van der Waals surface area (Å²) >= 11 is 0. The quantitative estimate of drug-likeness (QED) is 0.750. The highest BCUT2D eigenvalue weighted by molar-refractivity contribution is 7.88. The van der Waals surface area contributed by atoms with E-state index in [-0.39, 0.29) is 24.3 Å². The van der Waals surface area contributed by atoms with Crippen molar-refractivity contribution in [1.29, 1.82) is 0 Å². The summed E-state index contributed by atoms with van der Waals surface area (Å²) in [5, 5.41) is 10.2. The van der Waals surface area contributed by atoms with Gasteiger partial charge in [0.1, 0.15) is 18.5 Å². The third kappa shape index (κ3) is 6.65. The molecule has 1 unspecified atom stereocenters. The van der Waals surface area contributed by atoms with Crippen LogP contribution in [-0.4, -0.2) is 44.1 Å². The predicted octanol–water partition coefficient (Wildman–Crippen LogP) is 3.19. The molecule has 0 amide bonds. The maximum atomic E-state index is 12.4. The molecule has 148 valence electrons. The lowest BCUT2D eigenvalue weighted by molar-refractivity contribution is 0.0935. The van der Waals surface area contributed by atoms with Crippen molar-refractivity contribution in [2.75, 3.05) is 20.2 Å². The highest BCUT2D eigenvalue weighted by Crippen LogP contribution is 2.24. The van der Waals surface area contributed by atoms with Crippen molar-refractivity contribution in [3.8, 4) is 5.75 Å². The minimum Gasteiger partial charge on any atom is -0.491 e. The molecule has 0 radical (unpaired) electrons. The number of likely N-dealkylation sites (N-methyl/N-ethyl adjacent to an activating group) is 1. The van der Waals surface area contributed by atoms with E-state index in [0.29, 0.717) is 11.3 Å². The van der Waals surface area contributed by atoms with Crippen LogP contribution in [0.25, 0.3) is 0 Å². The Balaban J connectivity index is 1.86. The molecular weight excluding hydrogens is 362 g/mol. The van der Waals surface area contributed by atoms with Gasteiger partial charge in [-0.15, -0.1) is 0 Å². The molecule has 6 heteroatoms. The molecule has 5 nitrogen and oxygen atoms in total. The molecule has 1 N–H and O–H groups in total. The van der Waals surface area contributed by atoms with Gasteiger partial charge in [0.2, 0.25) is 10.0 Å². The lowest BCUT2D eigenvalue weighted by Crippen LogP contribution is -2.37. The number of aliphatic hydroxyl groups excluding tert-OH is 1. The van der Waals surface area contributed by atoms with Crippen LogP contribution in [0.3, 0.4) is 0 Å². The molecule has 0 aliphatic carbocycles. The summed E-state index contributed by atoms with van der Waals surface area (Å²) in [4.78, 5) is 0. The molecule has 0 aromatic heterocycles. The average Bonchev–Trinajstić information content (AvgIpc) is 2.60. The molecule has 0 saturated heterocycles. The zero-order valence-electron chi connectivity index (χ0n) is 16.4. The van der Waals surface area contributed by atoms with Gasteiger partial charge in [-0.3, -0.25) is 0 Å². The first-order chi connectivity index (χ1) is 12.6. The average molecular weight is 392 g/mol. The van der Waals surface area contributed by atoms with E-state index in [2.05, 4.69) is 20.8 Å². The standard InChI is InChI=1S/C21H29NO4S/c1-21(2,3)18-10-12-20(13-11-18)26-15-19(23)14-22(4)27(24,25)16-17-8-6-5-7-9-17/h5-13,19,23H,14-16H2,1-4H3. The van der Waals surface area contributed by atoms with Crippen molar-refractivity contribution in [3.05, 3.63) is 65.7 Å². The maximum absolute atomic E-state index is 12.4. The number of hydrogen-bond donors (Lipinski definition) is 1. The van der Waals surface area contributed by atoms with Crippen LogP contribution in [0.4, 0.5) is 0 Å². The Labute approximate surface area is 162 Å². The normalized spacial score (nSPS) is 13.6. The van der Waals surface area contributed by atoms with Gasteiger partial charge in [-0.1, -0.05) is 63.2 Å². The smallest absolute Gasteiger partial charge is 0.218 e. The lowest BCUT2D eigenvalue weighted by atomic mass is 9.87. The second-order valence-electron chi connectivity index (χ2n) is 7.76. The Morgan fingerprint density at radius 3 is 2.19 bits per heavy atom. The van der Waals surface area contributed by atoms with Gasteiger partial charge in [-0.2, -0.15) is 0 Å². The van der Waals surface area contributed by atoms with E-state index in [0.717, 1.165) is 0 Å². The molecule has 0 saturated carbocycles. The summed E-state index contributed by atoms with van der Waals surface area (Å²) < 4.78 is 31.6. The molecule has 2 rings (SSSR count). The summed E-state index contributed by atoms with van der Waals surface area (Å²) in [6, 6.07) is 16.7. The first-order valence-corrected chi connectivity index (χ1v) is 10.6. The Kier molecular flexibility index (Phi) is 7.03. The molecule has 0 aliphatic heterocycles. The SMILES string of the molecule is CN(CC(O)COc1ccc(C(C)(C)C)cc1)S(=O)(=O)Cc1ccccc1. The van der Waals surface area contributed by atoms with Gasteiger partial charge < -0.3 is 9.84 Å². The summed E-state index contributed by atoms with van der Waals surface area (Å²) in [5.41, 5.74) is 1.98. The number of benzene rings is 2. The third-order valence-corrected chi connectivity index (χ3v) is 6.09. The Morgan fingerprint density at radius 2 is 1.63 bits per heavy atom. The van der Waals surface area contributed by atoms with Gasteiger partial charge in [0.25, 0.3) is 0 Å². The van der Waals surface area contributed by atoms with E-state index in [1.54, 1.807) is 24.3 Å². The van der Waals surface area contributed by atoms with E-state index in [4.69, 9.17) is 4.74 Å². The van der Waals surface area contributed by atoms with Crippen molar-refractivity contribution in [3.63, 3.8) is 0 Å². The fraction of sp³-hybridized carbons (Fsp3) is 0.429. The van der Waals surface area contributed by atoms with Crippen LogP contribution in [0.5, 0.6) is 5.75 Å². The Hall–Kier alpha value is -1.89. The molecule has 0 bridgehead atoms. The van der Waals surface area contributed by atoms with Crippen LogP contribution in [-0.2, 0) is 21.2 Å². The monoisotopic (exact) mass is 391 g/mol.